The van der Waals surface area contributed by atoms with E-state index in [-0.39, 0.29) is 6.04 Å². The molecular weight excluding hydrogens is 382 g/mol. The van der Waals surface area contributed by atoms with E-state index in [1.165, 1.54) is 19.6 Å². The minimum Gasteiger partial charge on any atom is -0.388 e. The second-order valence-corrected chi connectivity index (χ2v) is 8.28. The van der Waals surface area contributed by atoms with E-state index in [1.54, 1.807) is 23.5 Å². The third kappa shape index (κ3) is 2.78. The molecule has 2 aromatic rings. The number of halogens is 1. The van der Waals surface area contributed by atoms with Gasteiger partial charge in [-0.15, -0.1) is 0 Å². The standard InChI is InChI=1S/C16H14BrNO2S2/c17-10-2-1-3-14-16(10)22-13-5-4-9(6-15(13)21-14)18-11-7-20-8-12(11)19/h1-6,11-12,18-19H,7-8H2/t11-,12-/m0/s1. The zero-order valence-electron chi connectivity index (χ0n) is 11.6. The number of hydrogen-bond donors (Lipinski definition) is 2. The lowest BCUT2D eigenvalue weighted by molar-refractivity contribution is 0.125. The molecule has 0 bridgehead atoms. The fourth-order valence-corrected chi connectivity index (χ4v) is 5.58. The highest BCUT2D eigenvalue weighted by Gasteiger charge is 2.26. The van der Waals surface area contributed by atoms with Crippen molar-refractivity contribution in [3.8, 4) is 0 Å². The van der Waals surface area contributed by atoms with Crippen molar-refractivity contribution in [1.29, 1.82) is 0 Å². The number of hydrogen-bond acceptors (Lipinski definition) is 5. The minimum atomic E-state index is -0.435. The van der Waals surface area contributed by atoms with Crippen molar-refractivity contribution in [2.45, 2.75) is 31.7 Å². The molecule has 2 atom stereocenters. The summed E-state index contributed by atoms with van der Waals surface area (Å²) < 4.78 is 6.43. The predicted molar refractivity (Wildman–Crippen MR) is 93.1 cm³/mol. The molecule has 0 amide bonds. The van der Waals surface area contributed by atoms with Crippen LogP contribution in [0, 0.1) is 0 Å². The maximum atomic E-state index is 9.85. The third-order valence-corrected chi connectivity index (χ3v) is 7.23. The Bertz CT molecular complexity index is 725. The fraction of sp³-hybridized carbons (Fsp3) is 0.250. The van der Waals surface area contributed by atoms with E-state index in [0.717, 1.165) is 10.2 Å². The second-order valence-electron chi connectivity index (χ2n) is 5.29. The number of ether oxygens (including phenoxy) is 1. The van der Waals surface area contributed by atoms with Gasteiger partial charge in [-0.3, -0.25) is 0 Å². The van der Waals surface area contributed by atoms with Gasteiger partial charge < -0.3 is 15.2 Å². The van der Waals surface area contributed by atoms with Crippen LogP contribution >= 0.6 is 39.5 Å². The Morgan fingerprint density at radius 3 is 2.82 bits per heavy atom. The second kappa shape index (κ2) is 6.09. The van der Waals surface area contributed by atoms with Gasteiger partial charge in [0.15, 0.2) is 0 Å². The summed E-state index contributed by atoms with van der Waals surface area (Å²) in [7, 11) is 0. The first kappa shape index (κ1) is 14.9. The lowest BCUT2D eigenvalue weighted by Gasteiger charge is -2.21. The molecule has 1 saturated heterocycles. The lowest BCUT2D eigenvalue weighted by atomic mass is 10.2. The van der Waals surface area contributed by atoms with Gasteiger partial charge in [0, 0.05) is 29.7 Å². The maximum absolute atomic E-state index is 9.85. The highest BCUT2D eigenvalue weighted by atomic mass is 79.9. The number of fused-ring (bicyclic) bond motifs is 2. The molecule has 4 rings (SSSR count). The minimum absolute atomic E-state index is 0.0271. The van der Waals surface area contributed by atoms with Crippen LogP contribution in [0.4, 0.5) is 5.69 Å². The van der Waals surface area contributed by atoms with Crippen LogP contribution < -0.4 is 5.32 Å². The van der Waals surface area contributed by atoms with Crippen LogP contribution in [0.3, 0.4) is 0 Å². The Hall–Kier alpha value is -0.660. The maximum Gasteiger partial charge on any atom is 0.0996 e. The number of aliphatic hydroxyl groups excluding tert-OH is 1. The molecule has 22 heavy (non-hydrogen) atoms. The monoisotopic (exact) mass is 395 g/mol. The molecule has 1 fully saturated rings. The van der Waals surface area contributed by atoms with E-state index < -0.39 is 6.10 Å². The highest BCUT2D eigenvalue weighted by molar-refractivity contribution is 9.10. The van der Waals surface area contributed by atoms with Gasteiger partial charge in [0.05, 0.1) is 25.4 Å². The van der Waals surface area contributed by atoms with Gasteiger partial charge in [0.2, 0.25) is 0 Å². The number of nitrogens with one attached hydrogen (secondary N) is 1. The van der Waals surface area contributed by atoms with Gasteiger partial charge in [-0.2, -0.15) is 0 Å². The van der Waals surface area contributed by atoms with E-state index in [9.17, 15) is 5.11 Å². The Morgan fingerprint density at radius 1 is 1.09 bits per heavy atom. The van der Waals surface area contributed by atoms with Gasteiger partial charge in [0.1, 0.15) is 0 Å². The summed E-state index contributed by atoms with van der Waals surface area (Å²) in [6.45, 7) is 0.963. The van der Waals surface area contributed by atoms with E-state index in [2.05, 4.69) is 57.6 Å². The zero-order valence-corrected chi connectivity index (χ0v) is 14.8. The molecule has 114 valence electrons. The van der Waals surface area contributed by atoms with Gasteiger partial charge in [0.25, 0.3) is 0 Å². The van der Waals surface area contributed by atoms with Crippen molar-refractivity contribution in [3.05, 3.63) is 40.9 Å². The molecule has 0 aliphatic carbocycles. The summed E-state index contributed by atoms with van der Waals surface area (Å²) in [6.07, 6.45) is -0.435. The Kier molecular flexibility index (Phi) is 4.13. The molecule has 3 nitrogen and oxygen atoms in total. The summed E-state index contributed by atoms with van der Waals surface area (Å²) in [6, 6.07) is 12.6. The molecule has 0 unspecified atom stereocenters. The Balaban J connectivity index is 1.60. The molecule has 0 radical (unpaired) electrons. The molecule has 0 spiro atoms. The third-order valence-electron chi connectivity index (χ3n) is 3.71. The Labute approximate surface area is 146 Å². The SMILES string of the molecule is O[C@H]1COC[C@@H]1Nc1ccc2c(c1)Sc1cccc(Br)c1S2. The Morgan fingerprint density at radius 2 is 2.00 bits per heavy atom. The summed E-state index contributed by atoms with van der Waals surface area (Å²) >= 11 is 7.20. The largest absolute Gasteiger partial charge is 0.388 e. The van der Waals surface area contributed by atoms with Crippen LogP contribution in [0.15, 0.2) is 60.5 Å². The van der Waals surface area contributed by atoms with E-state index in [4.69, 9.17) is 4.74 Å². The average Bonchev–Trinajstić information content (AvgIpc) is 2.91. The van der Waals surface area contributed by atoms with Crippen molar-refractivity contribution < 1.29 is 9.84 Å². The lowest BCUT2D eigenvalue weighted by Crippen LogP contribution is -2.31. The molecule has 2 aliphatic heterocycles. The molecule has 2 heterocycles. The molecule has 2 N–H and O–H groups in total. The van der Waals surface area contributed by atoms with Crippen molar-refractivity contribution in [1.82, 2.24) is 0 Å². The van der Waals surface area contributed by atoms with Crippen molar-refractivity contribution in [3.63, 3.8) is 0 Å². The average molecular weight is 396 g/mol. The highest BCUT2D eigenvalue weighted by Crippen LogP contribution is 2.51. The number of benzene rings is 2. The number of rotatable bonds is 2. The van der Waals surface area contributed by atoms with E-state index in [1.807, 2.05) is 0 Å². The predicted octanol–water partition coefficient (Wildman–Crippen LogP) is 4.24. The van der Waals surface area contributed by atoms with Crippen molar-refractivity contribution in [2.75, 3.05) is 18.5 Å². The fourth-order valence-electron chi connectivity index (χ4n) is 2.55. The molecule has 2 aliphatic rings. The topological polar surface area (TPSA) is 41.5 Å². The van der Waals surface area contributed by atoms with E-state index in [0.29, 0.717) is 13.2 Å². The van der Waals surface area contributed by atoms with Crippen LogP contribution in [0.25, 0.3) is 0 Å². The van der Waals surface area contributed by atoms with E-state index >= 15 is 0 Å². The summed E-state index contributed by atoms with van der Waals surface area (Å²) in [5.41, 5.74) is 1.03. The first-order valence-electron chi connectivity index (χ1n) is 7.01. The van der Waals surface area contributed by atoms with Crippen LogP contribution in [0.2, 0.25) is 0 Å². The van der Waals surface area contributed by atoms with Crippen LogP contribution in [0.5, 0.6) is 0 Å². The molecular formula is C16H14BrNO2S2. The molecule has 0 saturated carbocycles. The van der Waals surface area contributed by atoms with Gasteiger partial charge in [-0.25, -0.2) is 0 Å². The molecule has 6 heteroatoms. The molecule has 2 aromatic carbocycles. The van der Waals surface area contributed by atoms with Crippen LogP contribution in [0.1, 0.15) is 0 Å². The smallest absolute Gasteiger partial charge is 0.0996 e. The van der Waals surface area contributed by atoms with Gasteiger partial charge in [-0.1, -0.05) is 29.6 Å². The summed E-state index contributed by atoms with van der Waals surface area (Å²) in [5.74, 6) is 0. The summed E-state index contributed by atoms with van der Waals surface area (Å²) in [4.78, 5) is 5.06. The number of aliphatic hydroxyl groups is 1. The normalized spacial score (nSPS) is 23.0. The van der Waals surface area contributed by atoms with Gasteiger partial charge in [-0.05, 0) is 46.3 Å². The first-order chi connectivity index (χ1) is 10.7. The zero-order chi connectivity index (χ0) is 15.1. The quantitative estimate of drug-likeness (QED) is 0.679. The van der Waals surface area contributed by atoms with Gasteiger partial charge >= 0.3 is 0 Å². The number of anilines is 1. The van der Waals surface area contributed by atoms with Crippen molar-refractivity contribution >= 4 is 45.1 Å². The van der Waals surface area contributed by atoms with Crippen molar-refractivity contribution in [2.24, 2.45) is 0 Å². The van der Waals surface area contributed by atoms with Crippen LogP contribution in [-0.2, 0) is 4.74 Å². The molecule has 0 aromatic heterocycles. The van der Waals surface area contributed by atoms with Crippen LogP contribution in [-0.4, -0.2) is 30.5 Å². The first-order valence-corrected chi connectivity index (χ1v) is 9.44. The summed E-state index contributed by atoms with van der Waals surface area (Å²) in [5, 5.41) is 13.2.